The van der Waals surface area contributed by atoms with E-state index in [2.05, 4.69) is 30.9 Å². The topological polar surface area (TPSA) is 135 Å². The molecule has 0 radical (unpaired) electrons. The highest BCUT2D eigenvalue weighted by Crippen LogP contribution is 2.26. The van der Waals surface area contributed by atoms with Crippen LogP contribution in [0.2, 0.25) is 0 Å². The minimum absolute atomic E-state index is 0.0137. The highest BCUT2D eigenvalue weighted by molar-refractivity contribution is 5.99. The van der Waals surface area contributed by atoms with Gasteiger partial charge in [-0.05, 0) is 37.6 Å². The molecule has 4 aromatic rings. The number of aliphatic carboxylic acids is 1. The van der Waals surface area contributed by atoms with Gasteiger partial charge in [0, 0.05) is 24.0 Å². The van der Waals surface area contributed by atoms with Crippen molar-refractivity contribution in [1.29, 1.82) is 0 Å². The smallest absolute Gasteiger partial charge is 0.475 e. The average Bonchev–Trinajstić information content (AvgIpc) is 3.15. The molecule has 0 unspecified atom stereocenters. The van der Waals surface area contributed by atoms with Gasteiger partial charge in [0.25, 0.3) is 0 Å². The second kappa shape index (κ2) is 11.3. The molecule has 0 aliphatic heterocycles. The van der Waals surface area contributed by atoms with Crippen LogP contribution < -0.4 is 10.6 Å². The third-order valence-corrected chi connectivity index (χ3v) is 4.54. The predicted octanol–water partition coefficient (Wildman–Crippen LogP) is 4.10. The number of hydrogen-bond donors (Lipinski definition) is 3. The molecule has 0 spiro atoms. The molecule has 0 saturated heterocycles. The quantitative estimate of drug-likeness (QED) is 0.375. The Morgan fingerprint density at radius 2 is 1.69 bits per heavy atom. The Balaban J connectivity index is 0.000000454. The van der Waals surface area contributed by atoms with Gasteiger partial charge in [0.1, 0.15) is 0 Å². The number of amides is 2. The van der Waals surface area contributed by atoms with Crippen LogP contribution in [0.15, 0.2) is 60.9 Å². The molecule has 0 fully saturated rings. The number of nitrogens with zero attached hydrogens (tertiary/aromatic N) is 5. The fraction of sp³-hybridized carbons (Fsp3) is 0.217. The number of halogens is 3. The number of pyridine rings is 1. The Hall–Kier alpha value is -4.55. The summed E-state index contributed by atoms with van der Waals surface area (Å²) in [4.78, 5) is 25.2. The summed E-state index contributed by atoms with van der Waals surface area (Å²) in [5.74, 6) is -2.31. The number of urea groups is 1. The average molecular weight is 501 g/mol. The van der Waals surface area contributed by atoms with Gasteiger partial charge in [0.15, 0.2) is 11.5 Å². The standard InChI is InChI=1S/C21H21N7O.C2HF3O2/c1-14(2)23-21(29)24-19-17-12-18(16-8-10-22-11-9-16)25-26-20(17)28(27-19)13-15-6-4-3-5-7-15;3-2(4,5)1(6)7/h3-12,14H,13H2,1-2H3,(H2,23,24,27,29);(H,6,7). The third-order valence-electron chi connectivity index (χ3n) is 4.54. The van der Waals surface area contributed by atoms with E-state index in [0.29, 0.717) is 23.7 Å². The van der Waals surface area contributed by atoms with Crippen molar-refractivity contribution in [3.05, 3.63) is 66.5 Å². The summed E-state index contributed by atoms with van der Waals surface area (Å²) in [7, 11) is 0. The number of carboxylic acid groups (broad SMARTS) is 1. The van der Waals surface area contributed by atoms with Gasteiger partial charge in [-0.3, -0.25) is 10.3 Å². The van der Waals surface area contributed by atoms with Crippen LogP contribution >= 0.6 is 0 Å². The lowest BCUT2D eigenvalue weighted by atomic mass is 10.1. The molecule has 3 N–H and O–H groups in total. The van der Waals surface area contributed by atoms with E-state index in [9.17, 15) is 18.0 Å². The SMILES string of the molecule is CC(C)NC(=O)Nc1nn(Cc2ccccc2)c2nnc(-c3ccncc3)cc12.O=C(O)C(F)(F)F. The number of carboxylic acids is 1. The first-order valence-electron chi connectivity index (χ1n) is 10.6. The Bertz CT molecular complexity index is 1330. The molecule has 1 aromatic carbocycles. The van der Waals surface area contributed by atoms with E-state index in [-0.39, 0.29) is 12.1 Å². The van der Waals surface area contributed by atoms with Crippen molar-refractivity contribution in [3.8, 4) is 11.3 Å². The number of hydrogen-bond acceptors (Lipinski definition) is 6. The van der Waals surface area contributed by atoms with Crippen molar-refractivity contribution < 1.29 is 27.9 Å². The van der Waals surface area contributed by atoms with Crippen LogP contribution in [-0.4, -0.2) is 54.3 Å². The van der Waals surface area contributed by atoms with Crippen molar-refractivity contribution >= 4 is 28.9 Å². The number of anilines is 1. The molecule has 0 atom stereocenters. The largest absolute Gasteiger partial charge is 0.490 e. The lowest BCUT2D eigenvalue weighted by Gasteiger charge is -2.08. The molecule has 3 heterocycles. The number of aromatic nitrogens is 5. The molecule has 10 nitrogen and oxygen atoms in total. The van der Waals surface area contributed by atoms with Gasteiger partial charge in [-0.15, -0.1) is 10.2 Å². The Morgan fingerprint density at radius 1 is 1.06 bits per heavy atom. The van der Waals surface area contributed by atoms with E-state index in [0.717, 1.165) is 16.5 Å². The fourth-order valence-corrected chi connectivity index (χ4v) is 3.00. The molecule has 0 saturated carbocycles. The maximum Gasteiger partial charge on any atom is 0.490 e. The fourth-order valence-electron chi connectivity index (χ4n) is 3.00. The highest BCUT2D eigenvalue weighted by atomic mass is 19.4. The Labute approximate surface area is 203 Å². The van der Waals surface area contributed by atoms with Gasteiger partial charge in [-0.25, -0.2) is 14.3 Å². The normalized spacial score (nSPS) is 11.1. The van der Waals surface area contributed by atoms with Gasteiger partial charge in [0.05, 0.1) is 17.6 Å². The molecule has 13 heteroatoms. The van der Waals surface area contributed by atoms with E-state index < -0.39 is 12.1 Å². The van der Waals surface area contributed by atoms with Crippen LogP contribution in [0.1, 0.15) is 19.4 Å². The van der Waals surface area contributed by atoms with Crippen LogP contribution in [0, 0.1) is 0 Å². The summed E-state index contributed by atoms with van der Waals surface area (Å²) < 4.78 is 33.5. The molecule has 2 amide bonds. The van der Waals surface area contributed by atoms with Gasteiger partial charge < -0.3 is 10.4 Å². The molecule has 3 aromatic heterocycles. The van der Waals surface area contributed by atoms with Gasteiger partial charge >= 0.3 is 18.2 Å². The zero-order chi connectivity index (χ0) is 26.3. The minimum Gasteiger partial charge on any atom is -0.475 e. The zero-order valence-electron chi connectivity index (χ0n) is 19.2. The molecule has 0 aliphatic carbocycles. The van der Waals surface area contributed by atoms with Crippen LogP contribution in [0.25, 0.3) is 22.3 Å². The number of carbonyl (C=O) groups is 2. The van der Waals surface area contributed by atoms with Crippen molar-refractivity contribution in [2.45, 2.75) is 32.6 Å². The summed E-state index contributed by atoms with van der Waals surface area (Å²) in [5.41, 5.74) is 3.26. The van der Waals surface area contributed by atoms with E-state index in [4.69, 9.17) is 9.90 Å². The second-order valence-corrected chi connectivity index (χ2v) is 7.75. The lowest BCUT2D eigenvalue weighted by Crippen LogP contribution is -2.34. The van der Waals surface area contributed by atoms with E-state index >= 15 is 0 Å². The van der Waals surface area contributed by atoms with E-state index in [1.54, 1.807) is 17.1 Å². The van der Waals surface area contributed by atoms with Gasteiger partial charge in [-0.2, -0.15) is 18.3 Å². The number of benzene rings is 1. The zero-order valence-corrected chi connectivity index (χ0v) is 19.2. The maximum atomic E-state index is 12.3. The number of fused-ring (bicyclic) bond motifs is 1. The van der Waals surface area contributed by atoms with E-state index in [1.165, 1.54) is 0 Å². The van der Waals surface area contributed by atoms with Crippen LogP contribution in [0.5, 0.6) is 0 Å². The van der Waals surface area contributed by atoms with Crippen molar-refractivity contribution in [2.24, 2.45) is 0 Å². The van der Waals surface area contributed by atoms with Crippen LogP contribution in [0.3, 0.4) is 0 Å². The minimum atomic E-state index is -5.08. The molecular weight excluding hydrogens is 479 g/mol. The van der Waals surface area contributed by atoms with Crippen molar-refractivity contribution in [1.82, 2.24) is 30.3 Å². The lowest BCUT2D eigenvalue weighted by molar-refractivity contribution is -0.192. The van der Waals surface area contributed by atoms with Crippen LogP contribution in [-0.2, 0) is 11.3 Å². The first-order valence-corrected chi connectivity index (χ1v) is 10.6. The number of nitrogens with one attached hydrogen (secondary N) is 2. The highest BCUT2D eigenvalue weighted by Gasteiger charge is 2.38. The number of carbonyl (C=O) groups excluding carboxylic acids is 1. The monoisotopic (exact) mass is 501 g/mol. The molecular formula is C23H22F3N7O3. The Morgan fingerprint density at radius 3 is 2.28 bits per heavy atom. The van der Waals surface area contributed by atoms with Gasteiger partial charge in [-0.1, -0.05) is 30.3 Å². The van der Waals surface area contributed by atoms with E-state index in [1.807, 2.05) is 62.4 Å². The summed E-state index contributed by atoms with van der Waals surface area (Å²) in [5, 5.41) is 26.9. The third kappa shape index (κ3) is 6.98. The van der Waals surface area contributed by atoms with Crippen LogP contribution in [0.4, 0.5) is 23.8 Å². The summed E-state index contributed by atoms with van der Waals surface area (Å²) in [6.45, 7) is 4.32. The number of rotatable bonds is 5. The summed E-state index contributed by atoms with van der Waals surface area (Å²) in [6, 6.07) is 15.3. The first kappa shape index (κ1) is 26.1. The summed E-state index contributed by atoms with van der Waals surface area (Å²) >= 11 is 0. The molecule has 4 rings (SSSR count). The molecule has 36 heavy (non-hydrogen) atoms. The van der Waals surface area contributed by atoms with Crippen molar-refractivity contribution in [3.63, 3.8) is 0 Å². The predicted molar refractivity (Wildman–Crippen MR) is 125 cm³/mol. The molecule has 0 bridgehead atoms. The number of alkyl halides is 3. The van der Waals surface area contributed by atoms with Gasteiger partial charge in [0.2, 0.25) is 0 Å². The summed E-state index contributed by atoms with van der Waals surface area (Å²) in [6.07, 6.45) is -1.68. The Kier molecular flexibility index (Phi) is 8.14. The van der Waals surface area contributed by atoms with Crippen molar-refractivity contribution in [2.75, 3.05) is 5.32 Å². The first-order chi connectivity index (χ1) is 17.0. The second-order valence-electron chi connectivity index (χ2n) is 7.75. The molecule has 188 valence electrons. The molecule has 0 aliphatic rings. The maximum absolute atomic E-state index is 12.3.